The first kappa shape index (κ1) is 14.4. The summed E-state index contributed by atoms with van der Waals surface area (Å²) in [6.07, 6.45) is 1.59. The molecule has 0 amide bonds. The first-order valence-electron chi connectivity index (χ1n) is 7.39. The monoisotopic (exact) mass is 262 g/mol. The molecule has 1 aliphatic rings. The molecular formula is C16H26N2O. The number of benzene rings is 1. The second-order valence-corrected chi connectivity index (χ2v) is 5.47. The Balaban J connectivity index is 2.22. The zero-order chi connectivity index (χ0) is 13.8. The molecule has 1 aromatic rings. The van der Waals surface area contributed by atoms with Crippen molar-refractivity contribution in [1.82, 2.24) is 4.90 Å². The van der Waals surface area contributed by atoms with Crippen molar-refractivity contribution in [3.63, 3.8) is 0 Å². The first-order chi connectivity index (χ1) is 9.17. The molecule has 1 unspecified atom stereocenters. The fourth-order valence-electron chi connectivity index (χ4n) is 2.88. The van der Waals surface area contributed by atoms with E-state index in [1.165, 1.54) is 12.1 Å². The maximum absolute atomic E-state index is 10.2. The van der Waals surface area contributed by atoms with E-state index < -0.39 is 0 Å². The lowest BCUT2D eigenvalue weighted by Crippen LogP contribution is -2.51. The predicted octanol–water partition coefficient (Wildman–Crippen LogP) is 2.66. The molecule has 3 nitrogen and oxygen atoms in total. The molecule has 0 radical (unpaired) electrons. The Morgan fingerprint density at radius 1 is 1.26 bits per heavy atom. The molecular weight excluding hydrogens is 236 g/mol. The highest BCUT2D eigenvalue weighted by Gasteiger charge is 2.25. The highest BCUT2D eigenvalue weighted by molar-refractivity contribution is 5.55. The van der Waals surface area contributed by atoms with Crippen LogP contribution in [-0.2, 0) is 0 Å². The van der Waals surface area contributed by atoms with Crippen LogP contribution in [0.3, 0.4) is 0 Å². The number of aliphatic hydroxyl groups is 1. The van der Waals surface area contributed by atoms with Gasteiger partial charge in [0, 0.05) is 36.9 Å². The summed E-state index contributed by atoms with van der Waals surface area (Å²) in [5, 5.41) is 10.2. The van der Waals surface area contributed by atoms with E-state index in [0.29, 0.717) is 6.04 Å². The molecule has 0 aromatic heterocycles. The van der Waals surface area contributed by atoms with Crippen LogP contribution in [-0.4, -0.2) is 42.7 Å². The smallest absolute Gasteiger partial charge is 0.0807 e. The van der Waals surface area contributed by atoms with Crippen LogP contribution in [0.4, 0.5) is 5.69 Å². The molecule has 1 aromatic carbocycles. The Kier molecular flexibility index (Phi) is 4.83. The lowest BCUT2D eigenvalue weighted by molar-refractivity contribution is 0.172. The molecule has 2 rings (SSSR count). The lowest BCUT2D eigenvalue weighted by Gasteiger charge is -2.41. The number of hydrogen-bond acceptors (Lipinski definition) is 3. The summed E-state index contributed by atoms with van der Waals surface area (Å²) in [6, 6.07) is 8.90. The summed E-state index contributed by atoms with van der Waals surface area (Å²) in [6.45, 7) is 7.47. The fraction of sp³-hybridized carbons (Fsp3) is 0.625. The van der Waals surface area contributed by atoms with E-state index in [1.54, 1.807) is 0 Å². The third-order valence-corrected chi connectivity index (χ3v) is 4.27. The first-order valence-corrected chi connectivity index (χ1v) is 7.39. The van der Waals surface area contributed by atoms with E-state index >= 15 is 0 Å². The van der Waals surface area contributed by atoms with Crippen molar-refractivity contribution in [1.29, 1.82) is 0 Å². The minimum Gasteiger partial charge on any atom is -0.388 e. The number of piperazine rings is 1. The minimum atomic E-state index is -0.351. The van der Waals surface area contributed by atoms with Crippen LogP contribution in [0.15, 0.2) is 24.3 Å². The molecule has 0 spiro atoms. The van der Waals surface area contributed by atoms with Gasteiger partial charge in [0.05, 0.1) is 6.10 Å². The van der Waals surface area contributed by atoms with Gasteiger partial charge in [-0.3, -0.25) is 4.90 Å². The van der Waals surface area contributed by atoms with Crippen molar-refractivity contribution < 1.29 is 5.11 Å². The van der Waals surface area contributed by atoms with E-state index in [-0.39, 0.29) is 6.10 Å². The van der Waals surface area contributed by atoms with Crippen LogP contribution in [0, 0.1) is 0 Å². The molecule has 0 aliphatic carbocycles. The van der Waals surface area contributed by atoms with Gasteiger partial charge in [0.25, 0.3) is 0 Å². The molecule has 1 N–H and O–H groups in total. The molecule has 1 aliphatic heterocycles. The van der Waals surface area contributed by atoms with Crippen LogP contribution >= 0.6 is 0 Å². The van der Waals surface area contributed by atoms with Crippen molar-refractivity contribution in [3.05, 3.63) is 29.8 Å². The third-order valence-electron chi connectivity index (χ3n) is 4.27. The van der Waals surface area contributed by atoms with Crippen molar-refractivity contribution >= 4 is 5.69 Å². The minimum absolute atomic E-state index is 0.351. The van der Waals surface area contributed by atoms with Crippen molar-refractivity contribution in [2.24, 2.45) is 0 Å². The highest BCUT2D eigenvalue weighted by atomic mass is 16.3. The normalized spacial score (nSPS) is 22.5. The summed E-state index contributed by atoms with van der Waals surface area (Å²) in [7, 11) is 2.21. The van der Waals surface area contributed by atoms with Gasteiger partial charge < -0.3 is 10.0 Å². The average Bonchev–Trinajstić information content (AvgIpc) is 2.47. The molecule has 2 atom stereocenters. The largest absolute Gasteiger partial charge is 0.388 e. The van der Waals surface area contributed by atoms with E-state index in [1.807, 2.05) is 13.0 Å². The number of likely N-dealkylation sites (N-methyl/N-ethyl adjacent to an activating group) is 1. The van der Waals surface area contributed by atoms with Gasteiger partial charge in [-0.25, -0.2) is 0 Å². The Hall–Kier alpha value is -1.06. The average molecular weight is 262 g/mol. The molecule has 106 valence electrons. The second-order valence-electron chi connectivity index (χ2n) is 5.47. The molecule has 0 bridgehead atoms. The number of rotatable bonds is 4. The van der Waals surface area contributed by atoms with Crippen molar-refractivity contribution in [3.8, 4) is 0 Å². The standard InChI is InChI=1S/C16H26N2O/c1-4-13-12-18(11-10-17(13)3)15-9-7-6-8-14(15)16(19)5-2/h6-9,13,16,19H,4-5,10-12H2,1-3H3/t13?,16-/m1/s1. The van der Waals surface area contributed by atoms with Crippen molar-refractivity contribution in [2.45, 2.75) is 38.8 Å². The van der Waals surface area contributed by atoms with E-state index in [9.17, 15) is 5.11 Å². The summed E-state index contributed by atoms with van der Waals surface area (Å²) in [4.78, 5) is 4.87. The van der Waals surface area contributed by atoms with E-state index in [0.717, 1.165) is 31.6 Å². The maximum atomic E-state index is 10.2. The molecule has 1 fully saturated rings. The van der Waals surface area contributed by atoms with Gasteiger partial charge in [-0.05, 0) is 26.0 Å². The van der Waals surface area contributed by atoms with Gasteiger partial charge in [-0.1, -0.05) is 32.0 Å². The van der Waals surface area contributed by atoms with Gasteiger partial charge in [-0.15, -0.1) is 0 Å². The third kappa shape index (κ3) is 3.10. The zero-order valence-corrected chi connectivity index (χ0v) is 12.3. The van der Waals surface area contributed by atoms with Gasteiger partial charge in [-0.2, -0.15) is 0 Å². The topological polar surface area (TPSA) is 26.7 Å². The Bertz CT molecular complexity index is 407. The lowest BCUT2D eigenvalue weighted by atomic mass is 10.0. The van der Waals surface area contributed by atoms with Gasteiger partial charge in [0.1, 0.15) is 0 Å². The summed E-state index contributed by atoms with van der Waals surface area (Å²) in [5.41, 5.74) is 2.29. The van der Waals surface area contributed by atoms with Gasteiger partial charge >= 0.3 is 0 Å². The van der Waals surface area contributed by atoms with Crippen LogP contribution in [0.5, 0.6) is 0 Å². The van der Waals surface area contributed by atoms with Gasteiger partial charge in [0.2, 0.25) is 0 Å². The predicted molar refractivity (Wildman–Crippen MR) is 80.6 cm³/mol. The quantitative estimate of drug-likeness (QED) is 0.903. The van der Waals surface area contributed by atoms with Crippen LogP contribution in [0.25, 0.3) is 0 Å². The van der Waals surface area contributed by atoms with E-state index in [4.69, 9.17) is 0 Å². The molecule has 3 heteroatoms. The summed E-state index contributed by atoms with van der Waals surface area (Å²) in [5.74, 6) is 0. The molecule has 0 saturated carbocycles. The van der Waals surface area contributed by atoms with Crippen LogP contribution in [0.2, 0.25) is 0 Å². The summed E-state index contributed by atoms with van der Waals surface area (Å²) >= 11 is 0. The number of aliphatic hydroxyl groups excluding tert-OH is 1. The van der Waals surface area contributed by atoms with Crippen LogP contribution < -0.4 is 4.90 Å². The van der Waals surface area contributed by atoms with Gasteiger partial charge in [0.15, 0.2) is 0 Å². The number of nitrogens with zero attached hydrogens (tertiary/aromatic N) is 2. The Morgan fingerprint density at radius 2 is 2.00 bits per heavy atom. The number of hydrogen-bond donors (Lipinski definition) is 1. The number of anilines is 1. The molecule has 1 heterocycles. The second kappa shape index (κ2) is 6.40. The maximum Gasteiger partial charge on any atom is 0.0807 e. The molecule has 19 heavy (non-hydrogen) atoms. The molecule has 1 saturated heterocycles. The fourth-order valence-corrected chi connectivity index (χ4v) is 2.88. The Labute approximate surface area is 116 Å². The SMILES string of the molecule is CCC1CN(c2ccccc2[C@H](O)CC)CCN1C. The highest BCUT2D eigenvalue weighted by Crippen LogP contribution is 2.29. The van der Waals surface area contributed by atoms with Crippen molar-refractivity contribution in [2.75, 3.05) is 31.6 Å². The zero-order valence-electron chi connectivity index (χ0n) is 12.3. The Morgan fingerprint density at radius 3 is 2.68 bits per heavy atom. The number of para-hydroxylation sites is 1. The van der Waals surface area contributed by atoms with E-state index in [2.05, 4.69) is 42.0 Å². The van der Waals surface area contributed by atoms with Crippen LogP contribution in [0.1, 0.15) is 38.4 Å². The summed E-state index contributed by atoms with van der Waals surface area (Å²) < 4.78 is 0.